The predicted molar refractivity (Wildman–Crippen MR) is 88.4 cm³/mol. The minimum Gasteiger partial charge on any atom is -0.507 e. The Kier molecular flexibility index (Phi) is 3.57. The molecule has 1 aromatic heterocycles. The van der Waals surface area contributed by atoms with Gasteiger partial charge in [-0.25, -0.2) is 0 Å². The molecule has 5 heteroatoms. The molecule has 0 spiro atoms. The topological polar surface area (TPSA) is 50.9 Å². The minimum absolute atomic E-state index is 0.115. The van der Waals surface area contributed by atoms with Gasteiger partial charge in [0, 0.05) is 10.6 Å². The molecule has 22 heavy (non-hydrogen) atoms. The largest absolute Gasteiger partial charge is 0.507 e. The molecule has 114 valence electrons. The normalized spacial score (nSPS) is 12.0. The molecule has 0 atom stereocenters. The van der Waals surface area contributed by atoms with E-state index < -0.39 is 0 Å². The highest BCUT2D eigenvalue weighted by Gasteiger charge is 2.20. The van der Waals surface area contributed by atoms with E-state index >= 15 is 0 Å². The molecule has 2 aromatic carbocycles. The molecule has 4 nitrogen and oxygen atoms in total. The summed E-state index contributed by atoms with van der Waals surface area (Å²) in [6.07, 6.45) is 0. The number of nitrogens with zero attached hydrogens (tertiary/aromatic N) is 3. The standard InChI is InChI=1S/C17H18ClN3O/c1-17(2,3)13-6-4-5-11(16(13)22)10-21-19-14-8-7-12(18)9-15(14)20-21/h4-9,22H,10H2,1-3H3. The quantitative estimate of drug-likeness (QED) is 0.773. The third-order valence-corrected chi connectivity index (χ3v) is 3.86. The van der Waals surface area contributed by atoms with Crippen molar-refractivity contribution in [1.29, 1.82) is 0 Å². The van der Waals surface area contributed by atoms with Crippen molar-refractivity contribution in [2.45, 2.75) is 32.7 Å². The van der Waals surface area contributed by atoms with Crippen molar-refractivity contribution >= 4 is 22.6 Å². The van der Waals surface area contributed by atoms with Crippen LogP contribution in [0.1, 0.15) is 31.9 Å². The molecule has 0 aliphatic carbocycles. The van der Waals surface area contributed by atoms with Crippen LogP contribution in [0.25, 0.3) is 11.0 Å². The number of benzene rings is 2. The number of aromatic hydroxyl groups is 1. The van der Waals surface area contributed by atoms with Gasteiger partial charge in [-0.1, -0.05) is 50.6 Å². The maximum absolute atomic E-state index is 10.5. The van der Waals surface area contributed by atoms with E-state index in [1.807, 2.05) is 24.3 Å². The SMILES string of the molecule is CC(C)(C)c1cccc(Cn2nc3ccc(Cl)cc3n2)c1O. The third kappa shape index (κ3) is 2.79. The van der Waals surface area contributed by atoms with Gasteiger partial charge in [-0.15, -0.1) is 0 Å². The van der Waals surface area contributed by atoms with Crippen LogP contribution >= 0.6 is 11.6 Å². The summed E-state index contributed by atoms with van der Waals surface area (Å²) in [5, 5.41) is 20.0. The number of phenolic OH excluding ortho intramolecular Hbond substituents is 1. The van der Waals surface area contributed by atoms with Gasteiger partial charge in [0.25, 0.3) is 0 Å². The average Bonchev–Trinajstić information content (AvgIpc) is 2.81. The summed E-state index contributed by atoms with van der Waals surface area (Å²) in [7, 11) is 0. The number of hydrogen-bond acceptors (Lipinski definition) is 3. The first-order chi connectivity index (χ1) is 10.3. The van der Waals surface area contributed by atoms with Gasteiger partial charge in [0.05, 0.1) is 6.54 Å². The molecule has 0 aliphatic rings. The zero-order chi connectivity index (χ0) is 15.9. The lowest BCUT2D eigenvalue weighted by Gasteiger charge is -2.21. The van der Waals surface area contributed by atoms with E-state index in [1.165, 1.54) is 0 Å². The Morgan fingerprint density at radius 1 is 1.09 bits per heavy atom. The van der Waals surface area contributed by atoms with Gasteiger partial charge in [0.1, 0.15) is 16.8 Å². The van der Waals surface area contributed by atoms with Crippen molar-refractivity contribution in [3.8, 4) is 5.75 Å². The van der Waals surface area contributed by atoms with Crippen molar-refractivity contribution in [3.05, 3.63) is 52.5 Å². The first kappa shape index (κ1) is 14.9. The monoisotopic (exact) mass is 315 g/mol. The van der Waals surface area contributed by atoms with E-state index in [9.17, 15) is 5.11 Å². The Balaban J connectivity index is 1.98. The second-order valence-electron chi connectivity index (χ2n) is 6.43. The van der Waals surface area contributed by atoms with Crippen LogP contribution in [0, 0.1) is 0 Å². The molecule has 3 aromatic rings. The predicted octanol–water partition coefficient (Wildman–Crippen LogP) is 4.14. The number of aromatic nitrogens is 3. The summed E-state index contributed by atoms with van der Waals surface area (Å²) in [5.41, 5.74) is 3.15. The number of rotatable bonds is 2. The number of phenols is 1. The molecule has 0 bridgehead atoms. The number of hydrogen-bond donors (Lipinski definition) is 1. The van der Waals surface area contributed by atoms with E-state index in [1.54, 1.807) is 16.9 Å². The highest BCUT2D eigenvalue weighted by atomic mass is 35.5. The molecule has 0 fully saturated rings. The van der Waals surface area contributed by atoms with Crippen LogP contribution < -0.4 is 0 Å². The molecule has 3 rings (SSSR count). The Hall–Kier alpha value is -2.07. The highest BCUT2D eigenvalue weighted by molar-refractivity contribution is 6.31. The van der Waals surface area contributed by atoms with Gasteiger partial charge in [0.2, 0.25) is 0 Å². The van der Waals surface area contributed by atoms with E-state index in [2.05, 4.69) is 31.0 Å². The molecular weight excluding hydrogens is 298 g/mol. The van der Waals surface area contributed by atoms with E-state index in [0.717, 1.165) is 22.2 Å². The van der Waals surface area contributed by atoms with Crippen LogP contribution in [-0.4, -0.2) is 20.1 Å². The lowest BCUT2D eigenvalue weighted by atomic mass is 9.85. The summed E-state index contributed by atoms with van der Waals surface area (Å²) in [5.74, 6) is 0.314. The van der Waals surface area contributed by atoms with Crippen molar-refractivity contribution in [2.75, 3.05) is 0 Å². The number of halogens is 1. The zero-order valence-electron chi connectivity index (χ0n) is 12.8. The summed E-state index contributed by atoms with van der Waals surface area (Å²) >= 11 is 5.97. The van der Waals surface area contributed by atoms with E-state index in [-0.39, 0.29) is 5.41 Å². The fraction of sp³-hybridized carbons (Fsp3) is 0.294. The van der Waals surface area contributed by atoms with Crippen LogP contribution in [0.15, 0.2) is 36.4 Å². The van der Waals surface area contributed by atoms with Crippen molar-refractivity contribution in [1.82, 2.24) is 15.0 Å². The van der Waals surface area contributed by atoms with Gasteiger partial charge >= 0.3 is 0 Å². The molecule has 0 aliphatic heterocycles. The van der Waals surface area contributed by atoms with Crippen LogP contribution in [0.4, 0.5) is 0 Å². The van der Waals surface area contributed by atoms with E-state index in [0.29, 0.717) is 17.3 Å². The van der Waals surface area contributed by atoms with Crippen molar-refractivity contribution in [2.24, 2.45) is 0 Å². The van der Waals surface area contributed by atoms with Crippen molar-refractivity contribution < 1.29 is 5.11 Å². The van der Waals surface area contributed by atoms with Crippen LogP contribution in [-0.2, 0) is 12.0 Å². The third-order valence-electron chi connectivity index (χ3n) is 3.62. The molecule has 0 saturated carbocycles. The minimum atomic E-state index is -0.115. The average molecular weight is 316 g/mol. The second kappa shape index (κ2) is 5.29. The van der Waals surface area contributed by atoms with Gasteiger partial charge < -0.3 is 5.11 Å². The second-order valence-corrected chi connectivity index (χ2v) is 6.86. The van der Waals surface area contributed by atoms with Crippen LogP contribution in [0.5, 0.6) is 5.75 Å². The zero-order valence-corrected chi connectivity index (χ0v) is 13.6. The van der Waals surface area contributed by atoms with Crippen LogP contribution in [0.2, 0.25) is 5.02 Å². The highest BCUT2D eigenvalue weighted by Crippen LogP contribution is 2.33. The maximum atomic E-state index is 10.5. The number of fused-ring (bicyclic) bond motifs is 1. The van der Waals surface area contributed by atoms with Gasteiger partial charge in [0.15, 0.2) is 0 Å². The molecule has 0 saturated heterocycles. The summed E-state index contributed by atoms with van der Waals surface area (Å²) in [6, 6.07) is 11.2. The summed E-state index contributed by atoms with van der Waals surface area (Å²) in [6.45, 7) is 6.65. The summed E-state index contributed by atoms with van der Waals surface area (Å²) < 4.78 is 0. The molecule has 0 unspecified atom stereocenters. The smallest absolute Gasteiger partial charge is 0.124 e. The molecule has 1 N–H and O–H groups in total. The maximum Gasteiger partial charge on any atom is 0.124 e. The Bertz CT molecular complexity index is 834. The van der Waals surface area contributed by atoms with E-state index in [4.69, 9.17) is 11.6 Å². The lowest BCUT2D eigenvalue weighted by Crippen LogP contribution is -2.13. The summed E-state index contributed by atoms with van der Waals surface area (Å²) in [4.78, 5) is 1.59. The van der Waals surface area contributed by atoms with Gasteiger partial charge in [-0.05, 0) is 29.2 Å². The van der Waals surface area contributed by atoms with Gasteiger partial charge in [-0.2, -0.15) is 15.0 Å². The lowest BCUT2D eigenvalue weighted by molar-refractivity contribution is 0.434. The van der Waals surface area contributed by atoms with Crippen molar-refractivity contribution in [3.63, 3.8) is 0 Å². The first-order valence-electron chi connectivity index (χ1n) is 7.16. The molecule has 0 amide bonds. The molecule has 0 radical (unpaired) electrons. The molecular formula is C17H18ClN3O. The van der Waals surface area contributed by atoms with Crippen LogP contribution in [0.3, 0.4) is 0 Å². The fourth-order valence-electron chi connectivity index (χ4n) is 2.48. The number of para-hydroxylation sites is 1. The Labute approximate surface area is 134 Å². The fourth-order valence-corrected chi connectivity index (χ4v) is 2.65. The molecule has 1 heterocycles. The van der Waals surface area contributed by atoms with Gasteiger partial charge in [-0.3, -0.25) is 0 Å². The Morgan fingerprint density at radius 2 is 1.82 bits per heavy atom. The Morgan fingerprint density at radius 3 is 2.55 bits per heavy atom. The first-order valence-corrected chi connectivity index (χ1v) is 7.54.